The van der Waals surface area contributed by atoms with Crippen molar-refractivity contribution in [1.82, 2.24) is 20.1 Å². The minimum atomic E-state index is -0.286. The topological polar surface area (TPSA) is 82.4 Å². The molecule has 2 atom stereocenters. The van der Waals surface area contributed by atoms with Crippen LogP contribution in [-0.2, 0) is 13.5 Å². The number of piperidine rings is 1. The lowest BCUT2D eigenvalue weighted by molar-refractivity contribution is 0.143. The van der Waals surface area contributed by atoms with Crippen LogP contribution in [0.1, 0.15) is 62.7 Å². The zero-order chi connectivity index (χ0) is 22.9. The highest BCUT2D eigenvalue weighted by molar-refractivity contribution is 5.30. The van der Waals surface area contributed by atoms with E-state index in [1.807, 2.05) is 6.07 Å². The molecular formula is C24H32FN5O3. The second-order valence-corrected chi connectivity index (χ2v) is 9.69. The molecule has 1 saturated carbocycles. The Morgan fingerprint density at radius 1 is 1.24 bits per heavy atom. The predicted octanol–water partition coefficient (Wildman–Crippen LogP) is 4.57. The van der Waals surface area contributed by atoms with Crippen LogP contribution in [-0.4, -0.2) is 39.8 Å². The van der Waals surface area contributed by atoms with Gasteiger partial charge >= 0.3 is 6.01 Å². The fourth-order valence-corrected chi connectivity index (χ4v) is 4.92. The number of hydrogen-bond donors (Lipinski definition) is 0. The van der Waals surface area contributed by atoms with E-state index in [-0.39, 0.29) is 11.7 Å². The van der Waals surface area contributed by atoms with Gasteiger partial charge in [0, 0.05) is 25.1 Å². The molecule has 0 unspecified atom stereocenters. The van der Waals surface area contributed by atoms with Crippen LogP contribution in [0, 0.1) is 23.6 Å². The predicted molar refractivity (Wildman–Crippen MR) is 120 cm³/mol. The third kappa shape index (κ3) is 5.07. The van der Waals surface area contributed by atoms with Crippen molar-refractivity contribution in [3.05, 3.63) is 41.3 Å². The summed E-state index contributed by atoms with van der Waals surface area (Å²) in [6.45, 7) is 6.72. The molecule has 1 aliphatic heterocycles. The Morgan fingerprint density at radius 2 is 2.03 bits per heavy atom. The lowest BCUT2D eigenvalue weighted by atomic mass is 9.90. The Bertz CT molecular complexity index is 1050. The van der Waals surface area contributed by atoms with Gasteiger partial charge in [-0.25, -0.2) is 4.39 Å². The minimum Gasteiger partial charge on any atom is -0.493 e. The largest absolute Gasteiger partial charge is 0.493 e. The molecule has 1 aliphatic carbocycles. The van der Waals surface area contributed by atoms with Gasteiger partial charge in [-0.3, -0.25) is 0 Å². The summed E-state index contributed by atoms with van der Waals surface area (Å²) >= 11 is 0. The summed E-state index contributed by atoms with van der Waals surface area (Å²) in [7, 11) is 1.70. The normalized spacial score (nSPS) is 21.2. The number of ether oxygens (including phenoxy) is 1. The van der Waals surface area contributed by atoms with Gasteiger partial charge in [0.2, 0.25) is 5.89 Å². The van der Waals surface area contributed by atoms with Crippen molar-refractivity contribution < 1.29 is 18.2 Å². The molecule has 2 fully saturated rings. The maximum Gasteiger partial charge on any atom is 0.324 e. The fraction of sp³-hybridized carbons (Fsp3) is 0.625. The highest BCUT2D eigenvalue weighted by Gasteiger charge is 2.43. The number of rotatable bonds is 9. The summed E-state index contributed by atoms with van der Waals surface area (Å²) in [5.74, 6) is 4.13. The molecule has 2 aromatic heterocycles. The molecule has 3 aromatic rings. The first-order valence-electron chi connectivity index (χ1n) is 11.9. The van der Waals surface area contributed by atoms with Gasteiger partial charge in [0.1, 0.15) is 11.6 Å². The van der Waals surface area contributed by atoms with Gasteiger partial charge in [-0.2, -0.15) is 4.98 Å². The highest BCUT2D eigenvalue weighted by atomic mass is 19.1. The standard InChI is InChI=1S/C24H32FN5O3/c1-15(2)23-26-24(32-28-23)30-9-6-16(7-10-30)20-12-17(20)8-11-31-19-5-4-18(21(25)14-19)13-22-27-29(3)33-22/h4-5,14-17,20H,6-13H2,1-3H3/t17-,20-/m1/s1. The smallest absolute Gasteiger partial charge is 0.324 e. The monoisotopic (exact) mass is 457 g/mol. The van der Waals surface area contributed by atoms with E-state index in [0.717, 1.165) is 37.2 Å². The SMILES string of the molecule is CC(C)c1noc(N2CCC([C@H]3C[C@H]3CCOc3ccc(Cc4nn(C)o4)c(F)c3)CC2)n1. The second-order valence-electron chi connectivity index (χ2n) is 9.69. The van der Waals surface area contributed by atoms with Crippen molar-refractivity contribution >= 4 is 6.01 Å². The molecule has 9 heteroatoms. The van der Waals surface area contributed by atoms with Crippen LogP contribution in [0.25, 0.3) is 0 Å². The van der Waals surface area contributed by atoms with Gasteiger partial charge in [0.15, 0.2) is 5.82 Å². The maximum absolute atomic E-state index is 14.3. The molecule has 0 N–H and O–H groups in total. The first-order chi connectivity index (χ1) is 16.0. The van der Waals surface area contributed by atoms with Gasteiger partial charge < -0.3 is 18.7 Å². The maximum atomic E-state index is 14.3. The van der Waals surface area contributed by atoms with Gasteiger partial charge in [-0.05, 0) is 55.1 Å². The van der Waals surface area contributed by atoms with Gasteiger partial charge in [-0.15, -0.1) is 9.95 Å². The molecule has 33 heavy (non-hydrogen) atoms. The van der Waals surface area contributed by atoms with E-state index in [2.05, 4.69) is 34.0 Å². The average molecular weight is 458 g/mol. The Morgan fingerprint density at radius 3 is 2.70 bits per heavy atom. The van der Waals surface area contributed by atoms with Gasteiger partial charge in [0.05, 0.1) is 20.1 Å². The molecule has 0 spiro atoms. The first kappa shape index (κ1) is 22.0. The van der Waals surface area contributed by atoms with Crippen molar-refractivity contribution in [3.63, 3.8) is 0 Å². The van der Waals surface area contributed by atoms with Crippen LogP contribution in [0.2, 0.25) is 0 Å². The number of hydrogen-bond acceptors (Lipinski definition) is 7. The lowest BCUT2D eigenvalue weighted by Crippen LogP contribution is -2.34. The Kier molecular flexibility index (Phi) is 6.12. The van der Waals surface area contributed by atoms with Crippen molar-refractivity contribution in [1.29, 1.82) is 0 Å². The van der Waals surface area contributed by atoms with E-state index in [0.29, 0.717) is 42.2 Å². The van der Waals surface area contributed by atoms with Crippen molar-refractivity contribution in [3.8, 4) is 5.75 Å². The van der Waals surface area contributed by atoms with E-state index in [4.69, 9.17) is 13.8 Å². The van der Waals surface area contributed by atoms with E-state index in [1.165, 1.54) is 30.2 Å². The number of aromatic nitrogens is 4. The van der Waals surface area contributed by atoms with Crippen LogP contribution in [0.5, 0.6) is 5.75 Å². The number of nitrogens with zero attached hydrogens (tertiary/aromatic N) is 5. The summed E-state index contributed by atoms with van der Waals surface area (Å²) in [5, 5.41) is 8.13. The molecule has 5 rings (SSSR count). The number of anilines is 1. The summed E-state index contributed by atoms with van der Waals surface area (Å²) < 4.78 is 30.8. The number of aryl methyl sites for hydroxylation is 1. The van der Waals surface area contributed by atoms with E-state index < -0.39 is 0 Å². The molecular weight excluding hydrogens is 425 g/mol. The Hall–Kier alpha value is -2.84. The van der Waals surface area contributed by atoms with Crippen LogP contribution in [0.15, 0.2) is 27.2 Å². The Balaban J connectivity index is 1.03. The summed E-state index contributed by atoms with van der Waals surface area (Å²) in [5.41, 5.74) is 0.559. The quantitative estimate of drug-likeness (QED) is 0.465. The van der Waals surface area contributed by atoms with Crippen molar-refractivity contribution in [2.24, 2.45) is 24.8 Å². The van der Waals surface area contributed by atoms with Gasteiger partial charge in [0.25, 0.3) is 0 Å². The summed E-state index contributed by atoms with van der Waals surface area (Å²) in [6, 6.07) is 5.69. The second kappa shape index (κ2) is 9.19. The lowest BCUT2D eigenvalue weighted by Gasteiger charge is -2.30. The Labute approximate surface area is 193 Å². The third-order valence-corrected chi connectivity index (χ3v) is 6.95. The molecule has 1 saturated heterocycles. The number of halogens is 1. The van der Waals surface area contributed by atoms with E-state index in [9.17, 15) is 4.39 Å². The molecule has 1 aromatic carbocycles. The minimum absolute atomic E-state index is 0.281. The molecule has 3 heterocycles. The van der Waals surface area contributed by atoms with Crippen LogP contribution in [0.3, 0.4) is 0 Å². The average Bonchev–Trinajstić information content (AvgIpc) is 3.37. The van der Waals surface area contributed by atoms with E-state index >= 15 is 0 Å². The van der Waals surface area contributed by atoms with Gasteiger partial charge in [-0.1, -0.05) is 25.1 Å². The zero-order valence-corrected chi connectivity index (χ0v) is 19.5. The highest BCUT2D eigenvalue weighted by Crippen LogP contribution is 2.50. The van der Waals surface area contributed by atoms with Crippen LogP contribution < -0.4 is 9.64 Å². The first-order valence-corrected chi connectivity index (χ1v) is 11.9. The summed E-state index contributed by atoms with van der Waals surface area (Å²) in [6.07, 6.45) is 4.98. The number of benzene rings is 1. The third-order valence-electron chi connectivity index (χ3n) is 6.95. The molecule has 8 nitrogen and oxygen atoms in total. The molecule has 0 amide bonds. The van der Waals surface area contributed by atoms with Crippen molar-refractivity contribution in [2.75, 3.05) is 24.6 Å². The van der Waals surface area contributed by atoms with Crippen LogP contribution >= 0.6 is 0 Å². The summed E-state index contributed by atoms with van der Waals surface area (Å²) in [4.78, 5) is 8.10. The molecule has 0 bridgehead atoms. The fourth-order valence-electron chi connectivity index (χ4n) is 4.92. The van der Waals surface area contributed by atoms with E-state index in [1.54, 1.807) is 13.1 Å². The zero-order valence-electron chi connectivity index (χ0n) is 19.5. The molecule has 178 valence electrons. The van der Waals surface area contributed by atoms with Crippen LogP contribution in [0.4, 0.5) is 10.4 Å². The molecule has 0 radical (unpaired) electrons. The molecule has 2 aliphatic rings. The van der Waals surface area contributed by atoms with Crippen molar-refractivity contribution in [2.45, 2.75) is 51.9 Å².